The van der Waals surface area contributed by atoms with Gasteiger partial charge in [0.2, 0.25) is 5.91 Å². The van der Waals surface area contributed by atoms with Crippen LogP contribution >= 0.6 is 23.4 Å². The highest BCUT2D eigenvalue weighted by atomic mass is 35.5. The van der Waals surface area contributed by atoms with Gasteiger partial charge < -0.3 is 5.32 Å². The molecular weight excluding hydrogens is 382 g/mol. The standard InChI is InChI=1S/C20H18ClN3O2S/c21-13-6-5-7-14(12-13)24-19(26)15-8-1-2-9-16(15)23-20(24)27-17-10-3-4-11-22-18(17)25/h1-2,5-9,12,17H,3-4,10-11H2,(H,22,25)/t17-/m1/s1. The second-order valence-corrected chi connectivity index (χ2v) is 8.03. The molecule has 0 spiro atoms. The topological polar surface area (TPSA) is 64.0 Å². The van der Waals surface area contributed by atoms with Crippen LogP contribution in [0.5, 0.6) is 0 Å². The summed E-state index contributed by atoms with van der Waals surface area (Å²) in [4.78, 5) is 30.3. The third-order valence-corrected chi connectivity index (χ3v) is 6.00. The summed E-state index contributed by atoms with van der Waals surface area (Å²) < 4.78 is 1.55. The van der Waals surface area contributed by atoms with Crippen molar-refractivity contribution in [2.75, 3.05) is 6.54 Å². The lowest BCUT2D eigenvalue weighted by molar-refractivity contribution is -0.120. The quantitative estimate of drug-likeness (QED) is 0.680. The number of fused-ring (bicyclic) bond motifs is 1. The minimum atomic E-state index is -0.272. The summed E-state index contributed by atoms with van der Waals surface area (Å²) in [6.45, 7) is 0.697. The number of carbonyl (C=O) groups excluding carboxylic acids is 1. The molecule has 1 aliphatic rings. The van der Waals surface area contributed by atoms with Gasteiger partial charge in [-0.3, -0.25) is 14.2 Å². The number of nitrogens with zero attached hydrogens (tertiary/aromatic N) is 2. The zero-order valence-electron chi connectivity index (χ0n) is 14.5. The fourth-order valence-electron chi connectivity index (χ4n) is 3.19. The van der Waals surface area contributed by atoms with Gasteiger partial charge in [-0.05, 0) is 43.2 Å². The smallest absolute Gasteiger partial charge is 0.266 e. The third-order valence-electron chi connectivity index (χ3n) is 4.54. The number of hydrogen-bond donors (Lipinski definition) is 1. The van der Waals surface area contributed by atoms with Crippen molar-refractivity contribution in [2.45, 2.75) is 29.7 Å². The van der Waals surface area contributed by atoms with Crippen LogP contribution < -0.4 is 10.9 Å². The van der Waals surface area contributed by atoms with E-state index in [9.17, 15) is 9.59 Å². The first kappa shape index (κ1) is 18.1. The van der Waals surface area contributed by atoms with Gasteiger partial charge in [0.05, 0.1) is 21.8 Å². The van der Waals surface area contributed by atoms with Gasteiger partial charge in [0, 0.05) is 11.6 Å². The maximum Gasteiger partial charge on any atom is 0.266 e. The van der Waals surface area contributed by atoms with E-state index in [1.807, 2.05) is 24.3 Å². The van der Waals surface area contributed by atoms with E-state index < -0.39 is 0 Å². The fourth-order valence-corrected chi connectivity index (χ4v) is 4.54. The second-order valence-electron chi connectivity index (χ2n) is 6.43. The van der Waals surface area contributed by atoms with Crippen LogP contribution in [0.1, 0.15) is 19.3 Å². The van der Waals surface area contributed by atoms with Crippen LogP contribution in [-0.2, 0) is 4.79 Å². The van der Waals surface area contributed by atoms with E-state index in [-0.39, 0.29) is 16.7 Å². The number of hydrogen-bond acceptors (Lipinski definition) is 4. The lowest BCUT2D eigenvalue weighted by Gasteiger charge is -2.17. The summed E-state index contributed by atoms with van der Waals surface area (Å²) in [5, 5.41) is 4.24. The van der Waals surface area contributed by atoms with Crippen LogP contribution in [0.4, 0.5) is 0 Å². The summed E-state index contributed by atoms with van der Waals surface area (Å²) >= 11 is 7.49. The molecule has 27 heavy (non-hydrogen) atoms. The summed E-state index contributed by atoms with van der Waals surface area (Å²) in [6, 6.07) is 14.4. The number of nitrogens with one attached hydrogen (secondary N) is 1. The molecule has 0 unspecified atom stereocenters. The van der Waals surface area contributed by atoms with Crippen molar-refractivity contribution < 1.29 is 4.79 Å². The number of aromatic nitrogens is 2. The summed E-state index contributed by atoms with van der Waals surface area (Å²) in [7, 11) is 0. The van der Waals surface area contributed by atoms with Gasteiger partial charge in [0.1, 0.15) is 0 Å². The Morgan fingerprint density at radius 1 is 1.11 bits per heavy atom. The van der Waals surface area contributed by atoms with Crippen LogP contribution in [-0.4, -0.2) is 27.3 Å². The summed E-state index contributed by atoms with van der Waals surface area (Å²) in [6.07, 6.45) is 2.69. The first-order valence-corrected chi connectivity index (χ1v) is 10.1. The van der Waals surface area contributed by atoms with Crippen molar-refractivity contribution >= 4 is 40.2 Å². The van der Waals surface area contributed by atoms with Crippen molar-refractivity contribution in [3.8, 4) is 5.69 Å². The molecule has 138 valence electrons. The average Bonchev–Trinajstić information content (AvgIpc) is 2.86. The van der Waals surface area contributed by atoms with Crippen molar-refractivity contribution in [3.63, 3.8) is 0 Å². The van der Waals surface area contributed by atoms with E-state index in [0.29, 0.717) is 33.3 Å². The van der Waals surface area contributed by atoms with E-state index in [2.05, 4.69) is 5.32 Å². The molecule has 0 saturated carbocycles. The fraction of sp³-hybridized carbons (Fsp3) is 0.250. The number of benzene rings is 2. The van der Waals surface area contributed by atoms with E-state index in [1.165, 1.54) is 11.8 Å². The van der Waals surface area contributed by atoms with Crippen LogP contribution in [0.15, 0.2) is 58.5 Å². The molecule has 1 aliphatic heterocycles. The Kier molecular flexibility index (Phi) is 5.18. The van der Waals surface area contributed by atoms with Gasteiger partial charge in [-0.2, -0.15) is 0 Å². The zero-order chi connectivity index (χ0) is 18.8. The molecule has 0 bridgehead atoms. The molecule has 2 aromatic carbocycles. The maximum atomic E-state index is 13.2. The molecular formula is C20H18ClN3O2S. The van der Waals surface area contributed by atoms with Crippen molar-refractivity contribution in [1.29, 1.82) is 0 Å². The second kappa shape index (κ2) is 7.74. The largest absolute Gasteiger partial charge is 0.355 e. The molecule has 3 aromatic rings. The molecule has 1 aromatic heterocycles. The molecule has 4 rings (SSSR count). The van der Waals surface area contributed by atoms with Gasteiger partial charge in [0.15, 0.2) is 5.16 Å². The Labute approximate surface area is 165 Å². The number of amides is 1. The van der Waals surface area contributed by atoms with E-state index in [0.717, 1.165) is 19.3 Å². The van der Waals surface area contributed by atoms with E-state index in [1.54, 1.807) is 28.8 Å². The molecule has 0 radical (unpaired) electrons. The number of thioether (sulfide) groups is 1. The first-order valence-electron chi connectivity index (χ1n) is 8.85. The molecule has 0 aliphatic carbocycles. The Balaban J connectivity index is 1.88. The minimum Gasteiger partial charge on any atom is -0.355 e. The van der Waals surface area contributed by atoms with Crippen molar-refractivity contribution in [3.05, 3.63) is 63.9 Å². The van der Waals surface area contributed by atoms with E-state index >= 15 is 0 Å². The SMILES string of the molecule is O=C1NCCCC[C@H]1Sc1nc2ccccc2c(=O)n1-c1cccc(Cl)c1. The monoisotopic (exact) mass is 399 g/mol. The van der Waals surface area contributed by atoms with Crippen LogP contribution in [0.25, 0.3) is 16.6 Å². The number of carbonyl (C=O) groups is 1. The molecule has 1 saturated heterocycles. The molecule has 1 atom stereocenters. The summed E-state index contributed by atoms with van der Waals surface area (Å²) in [5.41, 5.74) is 1.10. The number of halogens is 1. The van der Waals surface area contributed by atoms with Crippen LogP contribution in [0, 0.1) is 0 Å². The minimum absolute atomic E-state index is 0.00227. The highest BCUT2D eigenvalue weighted by Gasteiger charge is 2.25. The Morgan fingerprint density at radius 2 is 1.96 bits per heavy atom. The van der Waals surface area contributed by atoms with Crippen LogP contribution in [0.3, 0.4) is 0 Å². The molecule has 7 heteroatoms. The van der Waals surface area contributed by atoms with Gasteiger partial charge in [-0.15, -0.1) is 0 Å². The summed E-state index contributed by atoms with van der Waals surface area (Å²) in [5.74, 6) is -0.00227. The van der Waals surface area contributed by atoms with Gasteiger partial charge >= 0.3 is 0 Å². The lowest BCUT2D eigenvalue weighted by atomic mass is 10.2. The predicted octanol–water partition coefficient (Wildman–Crippen LogP) is 3.80. The Hall–Kier alpha value is -2.31. The highest BCUT2D eigenvalue weighted by Crippen LogP contribution is 2.29. The Morgan fingerprint density at radius 3 is 2.81 bits per heavy atom. The first-order chi connectivity index (χ1) is 13.1. The Bertz CT molecular complexity index is 1070. The molecule has 5 nitrogen and oxygen atoms in total. The molecule has 1 fully saturated rings. The molecule has 1 N–H and O–H groups in total. The zero-order valence-corrected chi connectivity index (χ0v) is 16.1. The van der Waals surface area contributed by atoms with E-state index in [4.69, 9.17) is 16.6 Å². The number of para-hydroxylation sites is 1. The third kappa shape index (κ3) is 3.73. The highest BCUT2D eigenvalue weighted by molar-refractivity contribution is 8.00. The lowest BCUT2D eigenvalue weighted by Crippen LogP contribution is -2.31. The van der Waals surface area contributed by atoms with Gasteiger partial charge in [-0.25, -0.2) is 4.98 Å². The van der Waals surface area contributed by atoms with Gasteiger partial charge in [0.25, 0.3) is 5.56 Å². The van der Waals surface area contributed by atoms with Crippen molar-refractivity contribution in [1.82, 2.24) is 14.9 Å². The predicted molar refractivity (Wildman–Crippen MR) is 109 cm³/mol. The van der Waals surface area contributed by atoms with Crippen LogP contribution in [0.2, 0.25) is 5.02 Å². The number of rotatable bonds is 3. The molecule has 1 amide bonds. The normalized spacial score (nSPS) is 17.5. The molecule has 2 heterocycles. The maximum absolute atomic E-state index is 13.2. The van der Waals surface area contributed by atoms with Gasteiger partial charge in [-0.1, -0.05) is 48.0 Å². The van der Waals surface area contributed by atoms with Crippen molar-refractivity contribution in [2.24, 2.45) is 0 Å². The average molecular weight is 400 g/mol.